The van der Waals surface area contributed by atoms with E-state index in [0.29, 0.717) is 24.5 Å². The highest BCUT2D eigenvalue weighted by Crippen LogP contribution is 2.29. The van der Waals surface area contributed by atoms with Gasteiger partial charge in [-0.25, -0.2) is 13.8 Å². The Morgan fingerprint density at radius 2 is 1.79 bits per heavy atom. The number of alkyl halides is 2. The maximum absolute atomic E-state index is 13.1. The molecule has 33 heavy (non-hydrogen) atoms. The van der Waals surface area contributed by atoms with Crippen molar-refractivity contribution in [2.24, 2.45) is 0 Å². The van der Waals surface area contributed by atoms with Crippen LogP contribution in [-0.2, 0) is 13.0 Å². The molecule has 0 fully saturated rings. The van der Waals surface area contributed by atoms with Crippen molar-refractivity contribution in [3.8, 4) is 11.1 Å². The second kappa shape index (κ2) is 7.99. The summed E-state index contributed by atoms with van der Waals surface area (Å²) in [6.45, 7) is 6.86. The first-order valence-corrected chi connectivity index (χ1v) is 10.7. The van der Waals surface area contributed by atoms with E-state index in [-0.39, 0.29) is 5.65 Å². The van der Waals surface area contributed by atoms with Gasteiger partial charge in [-0.05, 0) is 38.5 Å². The molecule has 1 aliphatic heterocycles. The van der Waals surface area contributed by atoms with E-state index in [1.165, 1.54) is 0 Å². The first-order chi connectivity index (χ1) is 15.8. The lowest BCUT2D eigenvalue weighted by Gasteiger charge is -2.31. The highest BCUT2D eigenvalue weighted by Gasteiger charge is 2.24. The summed E-state index contributed by atoms with van der Waals surface area (Å²) in [6.07, 6.45) is 1.63. The number of rotatable bonds is 3. The Hall–Kier alpha value is -3.75. The summed E-state index contributed by atoms with van der Waals surface area (Å²) in [4.78, 5) is 27.6. The van der Waals surface area contributed by atoms with Crippen molar-refractivity contribution >= 4 is 11.5 Å². The minimum atomic E-state index is -2.81. The standard InChI is InChI=1S/C24H22F2N6O/c1-13-4-5-16(10-27-13)17-8-18-12-31(7-6-19(18)28-11-17)24-15(3)14(2)23-29-20(22(25)26)9-21(33)32(23)30-24/h4-5,8-11,22H,6-7,12H2,1-3H3. The highest BCUT2D eigenvalue weighted by molar-refractivity contribution is 5.64. The van der Waals surface area contributed by atoms with Crippen molar-refractivity contribution in [3.05, 3.63) is 80.8 Å². The van der Waals surface area contributed by atoms with Crippen LogP contribution < -0.4 is 10.5 Å². The molecular formula is C24H22F2N6O. The minimum Gasteiger partial charge on any atom is -0.350 e. The van der Waals surface area contributed by atoms with Gasteiger partial charge < -0.3 is 4.90 Å². The molecule has 0 atom stereocenters. The van der Waals surface area contributed by atoms with Crippen LogP contribution >= 0.6 is 0 Å². The molecule has 9 heteroatoms. The lowest BCUT2D eigenvalue weighted by atomic mass is 10.0. The normalized spacial score (nSPS) is 13.6. The Morgan fingerprint density at radius 1 is 1.00 bits per heavy atom. The summed E-state index contributed by atoms with van der Waals surface area (Å²) in [5.74, 6) is 0.641. The molecule has 7 nitrogen and oxygen atoms in total. The van der Waals surface area contributed by atoms with Gasteiger partial charge in [0.05, 0.1) is 0 Å². The van der Waals surface area contributed by atoms with Gasteiger partial charge >= 0.3 is 0 Å². The monoisotopic (exact) mass is 448 g/mol. The summed E-state index contributed by atoms with van der Waals surface area (Å²) >= 11 is 0. The van der Waals surface area contributed by atoms with Gasteiger partial charge in [-0.2, -0.15) is 4.52 Å². The summed E-state index contributed by atoms with van der Waals surface area (Å²) in [7, 11) is 0. The van der Waals surface area contributed by atoms with E-state index >= 15 is 0 Å². The second-order valence-corrected chi connectivity index (χ2v) is 8.32. The van der Waals surface area contributed by atoms with E-state index in [2.05, 4.69) is 31.0 Å². The predicted molar refractivity (Wildman–Crippen MR) is 121 cm³/mol. The summed E-state index contributed by atoms with van der Waals surface area (Å²) in [6, 6.07) is 6.96. The van der Waals surface area contributed by atoms with E-state index in [4.69, 9.17) is 0 Å². The Labute approximate surface area is 188 Å². The zero-order valence-electron chi connectivity index (χ0n) is 18.5. The molecule has 5 rings (SSSR count). The quantitative estimate of drug-likeness (QED) is 0.472. The number of halogens is 2. The molecule has 0 N–H and O–H groups in total. The number of aryl methyl sites for hydroxylation is 2. The number of pyridine rings is 2. The molecule has 0 aromatic carbocycles. The third kappa shape index (κ3) is 3.73. The van der Waals surface area contributed by atoms with E-state index in [1.807, 2.05) is 38.4 Å². The molecule has 0 saturated carbocycles. The first kappa shape index (κ1) is 21.1. The third-order valence-corrected chi connectivity index (χ3v) is 6.15. The molecule has 1 aliphatic rings. The molecule has 168 valence electrons. The lowest BCUT2D eigenvalue weighted by molar-refractivity contribution is 0.146. The number of fused-ring (bicyclic) bond motifs is 2. The molecule has 5 heterocycles. The lowest BCUT2D eigenvalue weighted by Crippen LogP contribution is -2.34. The van der Waals surface area contributed by atoms with Crippen LogP contribution in [0.1, 0.15) is 40.2 Å². The molecule has 0 aliphatic carbocycles. The Morgan fingerprint density at radius 3 is 2.52 bits per heavy atom. The molecule has 0 unspecified atom stereocenters. The van der Waals surface area contributed by atoms with Crippen molar-refractivity contribution in [2.45, 2.75) is 40.2 Å². The molecule has 4 aromatic heterocycles. The average molecular weight is 448 g/mol. The van der Waals surface area contributed by atoms with Crippen LogP contribution in [0, 0.1) is 20.8 Å². The predicted octanol–water partition coefficient (Wildman–Crippen LogP) is 3.97. The Bertz CT molecular complexity index is 1430. The molecular weight excluding hydrogens is 426 g/mol. The van der Waals surface area contributed by atoms with Crippen molar-refractivity contribution in [1.82, 2.24) is 24.6 Å². The van der Waals surface area contributed by atoms with Gasteiger partial charge in [0.25, 0.3) is 12.0 Å². The van der Waals surface area contributed by atoms with Crippen molar-refractivity contribution in [3.63, 3.8) is 0 Å². The van der Waals surface area contributed by atoms with Crippen LogP contribution in [-0.4, -0.2) is 31.1 Å². The van der Waals surface area contributed by atoms with Crippen molar-refractivity contribution in [2.75, 3.05) is 11.4 Å². The van der Waals surface area contributed by atoms with Crippen LogP contribution in [0.5, 0.6) is 0 Å². The summed E-state index contributed by atoms with van der Waals surface area (Å²) in [5.41, 5.74) is 5.52. The average Bonchev–Trinajstić information content (AvgIpc) is 2.81. The molecule has 0 bridgehead atoms. The van der Waals surface area contributed by atoms with Gasteiger partial charge in [0.15, 0.2) is 11.5 Å². The van der Waals surface area contributed by atoms with E-state index < -0.39 is 17.7 Å². The zero-order valence-corrected chi connectivity index (χ0v) is 18.5. The maximum atomic E-state index is 13.1. The minimum absolute atomic E-state index is 0.160. The van der Waals surface area contributed by atoms with Gasteiger partial charge in [0, 0.05) is 71.6 Å². The fourth-order valence-corrected chi connectivity index (χ4v) is 4.15. The van der Waals surface area contributed by atoms with Crippen molar-refractivity contribution in [1.29, 1.82) is 0 Å². The summed E-state index contributed by atoms with van der Waals surface area (Å²) < 4.78 is 27.4. The van der Waals surface area contributed by atoms with E-state index in [9.17, 15) is 13.6 Å². The number of aromatic nitrogens is 5. The number of anilines is 1. The zero-order chi connectivity index (χ0) is 23.3. The van der Waals surface area contributed by atoms with Crippen LogP contribution in [0.3, 0.4) is 0 Å². The first-order valence-electron chi connectivity index (χ1n) is 10.7. The van der Waals surface area contributed by atoms with Crippen LogP contribution in [0.15, 0.2) is 41.5 Å². The molecule has 4 aromatic rings. The van der Waals surface area contributed by atoms with Crippen molar-refractivity contribution < 1.29 is 8.78 Å². The van der Waals surface area contributed by atoms with E-state index in [1.54, 1.807) is 6.92 Å². The molecule has 0 saturated heterocycles. The highest BCUT2D eigenvalue weighted by atomic mass is 19.3. The fraction of sp³-hybridized carbons (Fsp3) is 0.292. The maximum Gasteiger partial charge on any atom is 0.280 e. The Kier molecular flexibility index (Phi) is 5.11. The van der Waals surface area contributed by atoms with E-state index in [0.717, 1.165) is 50.6 Å². The third-order valence-electron chi connectivity index (χ3n) is 6.15. The van der Waals surface area contributed by atoms with Gasteiger partial charge in [-0.15, -0.1) is 5.10 Å². The van der Waals surface area contributed by atoms with Gasteiger partial charge in [-0.1, -0.05) is 6.07 Å². The Balaban J connectivity index is 1.54. The molecule has 0 amide bonds. The SMILES string of the molecule is Cc1ccc(-c2cnc3c(c2)CN(c2nn4c(=O)cc(C(F)F)nc4c(C)c2C)CC3)cn1. The van der Waals surface area contributed by atoms with Gasteiger partial charge in [0.1, 0.15) is 5.69 Å². The molecule has 0 radical (unpaired) electrons. The second-order valence-electron chi connectivity index (χ2n) is 8.32. The van der Waals surface area contributed by atoms with Crippen LogP contribution in [0.2, 0.25) is 0 Å². The number of hydrogen-bond acceptors (Lipinski definition) is 6. The summed E-state index contributed by atoms with van der Waals surface area (Å²) in [5, 5.41) is 4.51. The van der Waals surface area contributed by atoms with Gasteiger partial charge in [0.2, 0.25) is 0 Å². The molecule has 0 spiro atoms. The topological polar surface area (TPSA) is 76.3 Å². The fourth-order valence-electron chi connectivity index (χ4n) is 4.15. The number of hydrogen-bond donors (Lipinski definition) is 0. The largest absolute Gasteiger partial charge is 0.350 e. The smallest absolute Gasteiger partial charge is 0.280 e. The van der Waals surface area contributed by atoms with Crippen LogP contribution in [0.25, 0.3) is 16.8 Å². The number of nitrogens with zero attached hydrogens (tertiary/aromatic N) is 6. The van der Waals surface area contributed by atoms with Crippen LogP contribution in [0.4, 0.5) is 14.6 Å². The van der Waals surface area contributed by atoms with Gasteiger partial charge in [-0.3, -0.25) is 14.8 Å².